The van der Waals surface area contributed by atoms with Gasteiger partial charge in [-0.05, 0) is 18.6 Å². The van der Waals surface area contributed by atoms with E-state index in [-0.39, 0.29) is 30.1 Å². The lowest BCUT2D eigenvalue weighted by Crippen LogP contribution is -2.43. The molecule has 0 saturated carbocycles. The maximum atomic E-state index is 8.99. The van der Waals surface area contributed by atoms with E-state index in [1.54, 1.807) is 24.3 Å². The fourth-order valence-electron chi connectivity index (χ4n) is 1.20. The van der Waals surface area contributed by atoms with Crippen molar-refractivity contribution in [3.8, 4) is 11.5 Å². The van der Waals surface area contributed by atoms with Crippen LogP contribution in [0, 0.1) is 10.8 Å². The Kier molecular flexibility index (Phi) is 13.0. The molecule has 0 heterocycles. The molecule has 1 aromatic carbocycles. The van der Waals surface area contributed by atoms with E-state index in [0.717, 1.165) is 19.4 Å². The van der Waals surface area contributed by atoms with Gasteiger partial charge in [0.25, 0.3) is 0 Å². The van der Waals surface area contributed by atoms with Crippen LogP contribution in [0.5, 0.6) is 11.5 Å². The number of ether oxygens (including phenoxy) is 1. The normalized spacial score (nSPS) is 8.48. The lowest BCUT2D eigenvalue weighted by Gasteiger charge is -2.06. The molecule has 0 fully saturated rings. The molecule has 0 unspecified atom stereocenters. The van der Waals surface area contributed by atoms with Gasteiger partial charge in [0.15, 0.2) is 23.4 Å². The number of phenolic OH excluding ortho intramolecular Hbond substituents is 1. The largest absolute Gasteiger partial charge is 0.504 e. The molecule has 8 heteroatoms. The molecule has 7 nitrogen and oxygen atoms in total. The molecule has 120 valence electrons. The first-order chi connectivity index (χ1) is 9.51. The van der Waals surface area contributed by atoms with Crippen LogP contribution in [-0.4, -0.2) is 30.7 Å². The van der Waals surface area contributed by atoms with E-state index in [2.05, 4.69) is 17.6 Å². The van der Waals surface area contributed by atoms with Gasteiger partial charge in [-0.15, -0.1) is 12.4 Å². The third kappa shape index (κ3) is 11.4. The Morgan fingerprint density at radius 2 is 1.95 bits per heavy atom. The Hall–Kier alpha value is -2.15. The van der Waals surface area contributed by atoms with Gasteiger partial charge in [-0.1, -0.05) is 25.5 Å². The molecule has 0 aliphatic heterocycles. The van der Waals surface area contributed by atoms with Crippen LogP contribution < -0.4 is 21.1 Å². The average Bonchev–Trinajstić information content (AvgIpc) is 2.39. The first-order valence-electron chi connectivity index (χ1n) is 6.26. The van der Waals surface area contributed by atoms with E-state index in [4.69, 9.17) is 26.4 Å². The summed E-state index contributed by atoms with van der Waals surface area (Å²) in [6.07, 6.45) is 2.10. The number of halogens is 1. The van der Waals surface area contributed by atoms with E-state index in [0.29, 0.717) is 5.75 Å². The van der Waals surface area contributed by atoms with Crippen molar-refractivity contribution in [2.45, 2.75) is 19.8 Å². The number of phenols is 1. The lowest BCUT2D eigenvalue weighted by atomic mass is 10.3. The number of guanidine groups is 2. The molecule has 21 heavy (non-hydrogen) atoms. The van der Waals surface area contributed by atoms with Crippen LogP contribution in [0.15, 0.2) is 24.3 Å². The highest BCUT2D eigenvalue weighted by Gasteiger charge is 1.94. The van der Waals surface area contributed by atoms with Crippen molar-refractivity contribution in [1.82, 2.24) is 10.6 Å². The molecule has 0 aliphatic rings. The maximum Gasteiger partial charge on any atom is 0.195 e. The number of aromatic hydroxyl groups is 1. The average molecular weight is 318 g/mol. The zero-order valence-electron chi connectivity index (χ0n) is 12.3. The Labute approximate surface area is 131 Å². The van der Waals surface area contributed by atoms with Crippen molar-refractivity contribution in [3.63, 3.8) is 0 Å². The quantitative estimate of drug-likeness (QED) is 0.286. The molecule has 1 aromatic rings. The van der Waals surface area contributed by atoms with Crippen molar-refractivity contribution in [3.05, 3.63) is 24.3 Å². The van der Waals surface area contributed by atoms with Gasteiger partial charge >= 0.3 is 0 Å². The topological polar surface area (TPSA) is 127 Å². The molecule has 0 saturated heterocycles. The van der Waals surface area contributed by atoms with E-state index in [1.807, 2.05) is 0 Å². The van der Waals surface area contributed by atoms with Gasteiger partial charge in [-0.2, -0.15) is 0 Å². The summed E-state index contributed by atoms with van der Waals surface area (Å²) >= 11 is 0. The molecular weight excluding hydrogens is 294 g/mol. The number of nitrogens with one attached hydrogen (secondary N) is 4. The van der Waals surface area contributed by atoms with Crippen molar-refractivity contribution in [2.75, 3.05) is 13.7 Å². The monoisotopic (exact) mass is 317 g/mol. The summed E-state index contributed by atoms with van der Waals surface area (Å²) in [5.74, 6) is 0.572. The smallest absolute Gasteiger partial charge is 0.195 e. The van der Waals surface area contributed by atoms with Crippen molar-refractivity contribution in [1.29, 1.82) is 10.8 Å². The van der Waals surface area contributed by atoms with Gasteiger partial charge in [0, 0.05) is 6.54 Å². The van der Waals surface area contributed by atoms with Gasteiger partial charge in [0.1, 0.15) is 0 Å². The molecule has 0 aliphatic carbocycles. The van der Waals surface area contributed by atoms with Crippen LogP contribution in [0.2, 0.25) is 0 Å². The van der Waals surface area contributed by atoms with Crippen molar-refractivity contribution < 1.29 is 9.84 Å². The van der Waals surface area contributed by atoms with Crippen LogP contribution >= 0.6 is 12.4 Å². The number of benzene rings is 1. The number of unbranched alkanes of at least 4 members (excludes halogenated alkanes) is 1. The third-order valence-corrected chi connectivity index (χ3v) is 2.18. The first-order valence-corrected chi connectivity index (χ1v) is 6.26. The zero-order valence-corrected chi connectivity index (χ0v) is 13.1. The molecule has 7 N–H and O–H groups in total. The Bertz CT molecular complexity index is 429. The van der Waals surface area contributed by atoms with E-state index < -0.39 is 0 Å². The summed E-state index contributed by atoms with van der Waals surface area (Å²) in [5, 5.41) is 28.0. The summed E-state index contributed by atoms with van der Waals surface area (Å²) in [6, 6.07) is 6.84. The summed E-state index contributed by atoms with van der Waals surface area (Å²) in [5.41, 5.74) is 4.99. The molecule has 0 bridgehead atoms. The van der Waals surface area contributed by atoms with E-state index >= 15 is 0 Å². The number of hydrogen-bond acceptors (Lipinski definition) is 4. The molecule has 0 atom stereocenters. The van der Waals surface area contributed by atoms with E-state index in [9.17, 15) is 0 Å². The Morgan fingerprint density at radius 1 is 1.33 bits per heavy atom. The highest BCUT2D eigenvalue weighted by atomic mass is 35.5. The number of hydrogen-bond donors (Lipinski definition) is 6. The van der Waals surface area contributed by atoms with Crippen LogP contribution in [0.3, 0.4) is 0 Å². The molecule has 0 radical (unpaired) electrons. The van der Waals surface area contributed by atoms with Gasteiger partial charge in [0.2, 0.25) is 0 Å². The zero-order chi connectivity index (χ0) is 15.4. The lowest BCUT2D eigenvalue weighted by molar-refractivity contribution is 0.373. The minimum Gasteiger partial charge on any atom is -0.504 e. The summed E-state index contributed by atoms with van der Waals surface area (Å²) in [6.45, 7) is 2.82. The number of nitrogens with two attached hydrogens (primary N) is 1. The van der Waals surface area contributed by atoms with E-state index in [1.165, 1.54) is 7.11 Å². The highest BCUT2D eigenvalue weighted by molar-refractivity contribution is 5.94. The molecule has 0 amide bonds. The Balaban J connectivity index is 0. The summed E-state index contributed by atoms with van der Waals surface area (Å²) in [4.78, 5) is 0. The fraction of sp³-hybridized carbons (Fsp3) is 0.385. The van der Waals surface area contributed by atoms with Crippen LogP contribution in [-0.2, 0) is 0 Å². The van der Waals surface area contributed by atoms with Crippen molar-refractivity contribution in [2.24, 2.45) is 5.73 Å². The van der Waals surface area contributed by atoms with Gasteiger partial charge in [0.05, 0.1) is 7.11 Å². The standard InChI is InChI=1S/C7H8O2.C6H15N5.ClH/c1-9-7-5-3-2-4-6(7)8;1-2-3-4-10-6(9)11-5(7)8;/h2-5,8H,1H3;2-4H2,1H3,(H6,7,8,9,10,11);1H. The molecular formula is C13H24ClN5O2. The maximum absolute atomic E-state index is 8.99. The molecule has 1 rings (SSSR count). The fourth-order valence-corrected chi connectivity index (χ4v) is 1.20. The second-order valence-electron chi connectivity index (χ2n) is 3.87. The van der Waals surface area contributed by atoms with Crippen LogP contribution in [0.1, 0.15) is 19.8 Å². The summed E-state index contributed by atoms with van der Waals surface area (Å²) < 4.78 is 4.79. The van der Waals surface area contributed by atoms with Crippen molar-refractivity contribution >= 4 is 24.3 Å². The van der Waals surface area contributed by atoms with Crippen LogP contribution in [0.25, 0.3) is 0 Å². The van der Waals surface area contributed by atoms with Gasteiger partial charge in [-0.3, -0.25) is 16.1 Å². The number of methoxy groups -OCH3 is 1. The second-order valence-corrected chi connectivity index (χ2v) is 3.87. The summed E-state index contributed by atoms with van der Waals surface area (Å²) in [7, 11) is 1.52. The minimum atomic E-state index is -0.209. The molecule has 0 aromatic heterocycles. The van der Waals surface area contributed by atoms with Gasteiger partial charge in [-0.25, -0.2) is 0 Å². The van der Waals surface area contributed by atoms with Crippen LogP contribution in [0.4, 0.5) is 0 Å². The van der Waals surface area contributed by atoms with Gasteiger partial charge < -0.3 is 20.9 Å². The predicted molar refractivity (Wildman–Crippen MR) is 87.6 cm³/mol. The highest BCUT2D eigenvalue weighted by Crippen LogP contribution is 2.22. The SMILES string of the molecule is CCCCNC(=N)NC(=N)N.COc1ccccc1O.Cl. The predicted octanol–water partition coefficient (Wildman–Crippen LogP) is 1.62. The number of para-hydroxylation sites is 2. The second kappa shape index (κ2) is 12.9. The molecule has 0 spiro atoms. The first kappa shape index (κ1) is 21.2. The number of rotatable bonds is 4. The third-order valence-electron chi connectivity index (χ3n) is 2.18. The Morgan fingerprint density at radius 3 is 2.38 bits per heavy atom. The minimum absolute atomic E-state index is 0.